The second kappa shape index (κ2) is 7.87. The summed E-state index contributed by atoms with van der Waals surface area (Å²) in [5.74, 6) is 1.24. The number of nitrogens with zero attached hydrogens (tertiary/aromatic N) is 3. The number of rotatable bonds is 9. The number of unbranched alkanes of at least 4 members (excludes halogenated alkanes) is 1. The molecule has 6 nitrogen and oxygen atoms in total. The SMILES string of the molecule is CCCc1nn(C)c(NCCCCC(C)C)c1[N+](=O)[O-]. The van der Waals surface area contributed by atoms with E-state index in [1.807, 2.05) is 6.92 Å². The molecule has 1 rings (SSSR count). The molecule has 0 unspecified atom stereocenters. The van der Waals surface area contributed by atoms with Crippen LogP contribution in [-0.4, -0.2) is 21.2 Å². The summed E-state index contributed by atoms with van der Waals surface area (Å²) in [6.07, 6.45) is 4.84. The van der Waals surface area contributed by atoms with Gasteiger partial charge in [-0.15, -0.1) is 0 Å². The molecule has 0 fully saturated rings. The highest BCUT2D eigenvalue weighted by atomic mass is 16.6. The van der Waals surface area contributed by atoms with E-state index in [0.717, 1.165) is 25.8 Å². The number of aromatic nitrogens is 2. The summed E-state index contributed by atoms with van der Waals surface area (Å²) in [5, 5.41) is 18.7. The van der Waals surface area contributed by atoms with E-state index in [4.69, 9.17) is 0 Å². The number of hydrogen-bond acceptors (Lipinski definition) is 4. The summed E-state index contributed by atoms with van der Waals surface area (Å²) in [6.45, 7) is 7.16. The average molecular weight is 282 g/mol. The van der Waals surface area contributed by atoms with Crippen molar-refractivity contribution in [3.05, 3.63) is 15.8 Å². The lowest BCUT2D eigenvalue weighted by molar-refractivity contribution is -0.384. The van der Waals surface area contributed by atoms with Crippen molar-refractivity contribution < 1.29 is 4.92 Å². The van der Waals surface area contributed by atoms with E-state index in [-0.39, 0.29) is 10.6 Å². The molecule has 1 aromatic rings. The first-order valence-corrected chi connectivity index (χ1v) is 7.41. The molecule has 114 valence electrons. The molecule has 0 spiro atoms. The first kappa shape index (κ1) is 16.5. The van der Waals surface area contributed by atoms with Gasteiger partial charge in [0.05, 0.1) is 4.92 Å². The lowest BCUT2D eigenvalue weighted by Gasteiger charge is -2.07. The van der Waals surface area contributed by atoms with E-state index in [1.165, 1.54) is 6.42 Å². The fourth-order valence-electron chi connectivity index (χ4n) is 2.25. The minimum absolute atomic E-state index is 0.137. The molecule has 0 saturated carbocycles. The van der Waals surface area contributed by atoms with Crippen LogP contribution in [0.25, 0.3) is 0 Å². The van der Waals surface area contributed by atoms with Crippen LogP contribution < -0.4 is 5.32 Å². The largest absolute Gasteiger partial charge is 0.365 e. The van der Waals surface area contributed by atoms with Crippen molar-refractivity contribution in [1.82, 2.24) is 9.78 Å². The van der Waals surface area contributed by atoms with Crippen LogP contribution >= 0.6 is 0 Å². The highest BCUT2D eigenvalue weighted by Gasteiger charge is 2.25. The minimum Gasteiger partial charge on any atom is -0.365 e. The zero-order valence-electron chi connectivity index (χ0n) is 13.0. The van der Waals surface area contributed by atoms with Crippen molar-refractivity contribution in [1.29, 1.82) is 0 Å². The number of nitrogens with one attached hydrogen (secondary N) is 1. The standard InChI is InChI=1S/C14H26N4O2/c1-5-8-12-13(18(19)20)14(17(4)16-12)15-10-7-6-9-11(2)3/h11,15H,5-10H2,1-4H3. The van der Waals surface area contributed by atoms with E-state index in [2.05, 4.69) is 24.3 Å². The van der Waals surface area contributed by atoms with Crippen LogP contribution in [-0.2, 0) is 13.5 Å². The predicted octanol–water partition coefficient (Wildman–Crippen LogP) is 3.52. The van der Waals surface area contributed by atoms with Gasteiger partial charge < -0.3 is 5.32 Å². The average Bonchev–Trinajstić information content (AvgIpc) is 2.65. The number of hydrogen-bond donors (Lipinski definition) is 1. The molecule has 0 atom stereocenters. The Morgan fingerprint density at radius 3 is 2.65 bits per heavy atom. The van der Waals surface area contributed by atoms with Gasteiger partial charge in [0, 0.05) is 13.6 Å². The quantitative estimate of drug-likeness (QED) is 0.427. The Bertz CT molecular complexity index is 441. The van der Waals surface area contributed by atoms with E-state index < -0.39 is 0 Å². The van der Waals surface area contributed by atoms with Gasteiger partial charge in [0.2, 0.25) is 5.82 Å². The topological polar surface area (TPSA) is 73.0 Å². The molecular formula is C14H26N4O2. The maximum Gasteiger partial charge on any atom is 0.333 e. The van der Waals surface area contributed by atoms with Gasteiger partial charge in [-0.3, -0.25) is 10.1 Å². The third kappa shape index (κ3) is 4.51. The Hall–Kier alpha value is -1.59. The maximum atomic E-state index is 11.2. The monoisotopic (exact) mass is 282 g/mol. The maximum absolute atomic E-state index is 11.2. The van der Waals surface area contributed by atoms with Crippen LogP contribution in [0.1, 0.15) is 52.1 Å². The molecule has 0 aliphatic heterocycles. The summed E-state index contributed by atoms with van der Waals surface area (Å²) >= 11 is 0. The Balaban J connectivity index is 2.66. The smallest absolute Gasteiger partial charge is 0.333 e. The van der Waals surface area contributed by atoms with Crippen molar-refractivity contribution in [2.24, 2.45) is 13.0 Å². The van der Waals surface area contributed by atoms with Gasteiger partial charge in [-0.25, -0.2) is 4.68 Å². The molecule has 0 bridgehead atoms. The van der Waals surface area contributed by atoms with Crippen molar-refractivity contribution in [3.8, 4) is 0 Å². The van der Waals surface area contributed by atoms with Gasteiger partial charge in [-0.2, -0.15) is 5.10 Å². The number of nitro groups is 1. The molecule has 1 aromatic heterocycles. The van der Waals surface area contributed by atoms with E-state index in [0.29, 0.717) is 23.9 Å². The summed E-state index contributed by atoms with van der Waals surface area (Å²) in [6, 6.07) is 0. The van der Waals surface area contributed by atoms with Crippen LogP contribution in [0.4, 0.5) is 11.5 Å². The van der Waals surface area contributed by atoms with Gasteiger partial charge in [-0.1, -0.05) is 40.0 Å². The van der Waals surface area contributed by atoms with Crippen molar-refractivity contribution in [3.63, 3.8) is 0 Å². The van der Waals surface area contributed by atoms with Gasteiger partial charge in [0.25, 0.3) is 0 Å². The van der Waals surface area contributed by atoms with Crippen LogP contribution in [0.5, 0.6) is 0 Å². The fourth-order valence-corrected chi connectivity index (χ4v) is 2.25. The van der Waals surface area contributed by atoms with Gasteiger partial charge in [-0.05, 0) is 18.8 Å². The predicted molar refractivity (Wildman–Crippen MR) is 81.0 cm³/mol. The Labute approximate surface area is 120 Å². The van der Waals surface area contributed by atoms with Crippen molar-refractivity contribution in [2.75, 3.05) is 11.9 Å². The van der Waals surface area contributed by atoms with Crippen LogP contribution in [0.3, 0.4) is 0 Å². The molecule has 0 aliphatic rings. The molecule has 0 aromatic carbocycles. The second-order valence-electron chi connectivity index (χ2n) is 5.59. The molecule has 1 N–H and O–H groups in total. The van der Waals surface area contributed by atoms with E-state index >= 15 is 0 Å². The van der Waals surface area contributed by atoms with E-state index in [1.54, 1.807) is 11.7 Å². The van der Waals surface area contributed by atoms with Gasteiger partial charge in [0.15, 0.2) is 0 Å². The molecule has 1 heterocycles. The van der Waals surface area contributed by atoms with E-state index in [9.17, 15) is 10.1 Å². The zero-order valence-corrected chi connectivity index (χ0v) is 13.0. The van der Waals surface area contributed by atoms with Crippen molar-refractivity contribution >= 4 is 11.5 Å². The molecule has 0 radical (unpaired) electrons. The Kier molecular flexibility index (Phi) is 6.48. The summed E-state index contributed by atoms with van der Waals surface area (Å²) in [4.78, 5) is 10.9. The normalized spacial score (nSPS) is 11.1. The fraction of sp³-hybridized carbons (Fsp3) is 0.786. The molecule has 0 saturated heterocycles. The van der Waals surface area contributed by atoms with Crippen LogP contribution in [0.15, 0.2) is 0 Å². The molecule has 6 heteroatoms. The zero-order chi connectivity index (χ0) is 15.1. The summed E-state index contributed by atoms with van der Waals surface area (Å²) < 4.78 is 1.59. The lowest BCUT2D eigenvalue weighted by Crippen LogP contribution is -2.08. The second-order valence-corrected chi connectivity index (χ2v) is 5.59. The Morgan fingerprint density at radius 2 is 2.10 bits per heavy atom. The molecule has 20 heavy (non-hydrogen) atoms. The number of anilines is 1. The molecule has 0 aliphatic carbocycles. The summed E-state index contributed by atoms with van der Waals surface area (Å²) in [7, 11) is 1.75. The highest BCUT2D eigenvalue weighted by Crippen LogP contribution is 2.28. The van der Waals surface area contributed by atoms with Crippen LogP contribution in [0, 0.1) is 16.0 Å². The van der Waals surface area contributed by atoms with Gasteiger partial charge >= 0.3 is 5.69 Å². The van der Waals surface area contributed by atoms with Crippen molar-refractivity contribution in [2.45, 2.75) is 52.9 Å². The minimum atomic E-state index is -0.325. The first-order chi connectivity index (χ1) is 9.47. The lowest BCUT2D eigenvalue weighted by atomic mass is 10.1. The van der Waals surface area contributed by atoms with Crippen LogP contribution in [0.2, 0.25) is 0 Å². The molecular weight excluding hydrogens is 256 g/mol. The molecule has 0 amide bonds. The third-order valence-corrected chi connectivity index (χ3v) is 3.26. The first-order valence-electron chi connectivity index (χ1n) is 7.41. The number of aryl methyl sites for hydroxylation is 2. The third-order valence-electron chi connectivity index (χ3n) is 3.26. The summed E-state index contributed by atoms with van der Waals surface area (Å²) in [5.41, 5.74) is 0.711. The highest BCUT2D eigenvalue weighted by molar-refractivity contribution is 5.59. The van der Waals surface area contributed by atoms with Gasteiger partial charge in [0.1, 0.15) is 5.69 Å². The Morgan fingerprint density at radius 1 is 1.40 bits per heavy atom.